The van der Waals surface area contributed by atoms with Crippen molar-refractivity contribution >= 4 is 22.0 Å². The summed E-state index contributed by atoms with van der Waals surface area (Å²) in [6, 6.07) is 12.4. The normalized spacial score (nSPS) is 16.9. The first-order chi connectivity index (χ1) is 24.8. The Morgan fingerprint density at radius 1 is 1.08 bits per heavy atom. The van der Waals surface area contributed by atoms with Gasteiger partial charge in [-0.05, 0) is 62.8 Å². The number of aliphatic hydroxyl groups excluding tert-OH is 1. The highest BCUT2D eigenvalue weighted by Crippen LogP contribution is 2.38. The van der Waals surface area contributed by atoms with Gasteiger partial charge in [-0.2, -0.15) is 17.5 Å². The maximum absolute atomic E-state index is 14.3. The Hall–Kier alpha value is -3.92. The summed E-state index contributed by atoms with van der Waals surface area (Å²) in [5.41, 5.74) is -0.245. The van der Waals surface area contributed by atoms with Crippen LogP contribution in [0.4, 0.5) is 18.0 Å². The Morgan fingerprint density at radius 3 is 2.36 bits per heavy atom. The number of sulfonamides is 1. The number of para-hydroxylation sites is 1. The number of fused-ring (bicyclic) bond motifs is 1. The minimum atomic E-state index is -4.75. The van der Waals surface area contributed by atoms with Crippen LogP contribution >= 0.6 is 0 Å². The number of methoxy groups -OCH3 is 1. The average Bonchev–Trinajstić information content (AvgIpc) is 3.51. The summed E-state index contributed by atoms with van der Waals surface area (Å²) in [5, 5.41) is 15.3. The molecule has 11 nitrogen and oxygen atoms in total. The maximum Gasteiger partial charge on any atom is 0.410 e. The topological polar surface area (TPSA) is 135 Å². The predicted molar refractivity (Wildman–Crippen MR) is 196 cm³/mol. The Balaban J connectivity index is 2.17. The van der Waals surface area contributed by atoms with Crippen LogP contribution < -0.4 is 10.1 Å². The van der Waals surface area contributed by atoms with Crippen molar-refractivity contribution in [3.05, 3.63) is 90.5 Å². The van der Waals surface area contributed by atoms with Gasteiger partial charge in [0.25, 0.3) is 0 Å². The van der Waals surface area contributed by atoms with Gasteiger partial charge in [0.1, 0.15) is 17.4 Å². The van der Waals surface area contributed by atoms with Crippen molar-refractivity contribution in [1.29, 1.82) is 0 Å². The summed E-state index contributed by atoms with van der Waals surface area (Å²) in [4.78, 5) is 29.7. The fraction of sp³-hybridized carbons (Fsp3) is 0.526. The van der Waals surface area contributed by atoms with Gasteiger partial charge >= 0.3 is 12.3 Å². The molecule has 3 rings (SSSR count). The van der Waals surface area contributed by atoms with Crippen LogP contribution in [0.1, 0.15) is 62.8 Å². The molecule has 2 amide bonds. The summed E-state index contributed by atoms with van der Waals surface area (Å²) in [6.45, 7) is 11.7. The average molecular weight is 768 g/mol. The molecule has 1 aliphatic rings. The van der Waals surface area contributed by atoms with Crippen molar-refractivity contribution in [2.75, 3.05) is 39.7 Å². The van der Waals surface area contributed by atoms with Crippen molar-refractivity contribution in [2.24, 2.45) is 0 Å². The first-order valence-electron chi connectivity index (χ1n) is 17.3. The molecule has 2 aromatic rings. The molecule has 0 aliphatic heterocycles. The molecule has 294 valence electrons. The lowest BCUT2D eigenvalue weighted by molar-refractivity contribution is -0.130. The van der Waals surface area contributed by atoms with E-state index in [-0.39, 0.29) is 32.6 Å². The second-order valence-corrected chi connectivity index (χ2v) is 16.2. The van der Waals surface area contributed by atoms with E-state index in [2.05, 4.69) is 18.5 Å². The van der Waals surface area contributed by atoms with E-state index in [9.17, 15) is 36.3 Å². The SMILES string of the molecule is C=CCOC[C@](Cc1ccccc1OC)(NC(=O)[C@H](CC=C)N(C)S(=O)(=O)CCC(F)(F)F)[C@H](O)CN(C(=O)OC(C)(C)C)[C@H]1CCc2ccccc21. The molecule has 53 heavy (non-hydrogen) atoms. The second kappa shape index (κ2) is 18.4. The molecule has 0 radical (unpaired) electrons. The minimum absolute atomic E-state index is 0.0101. The first-order valence-corrected chi connectivity index (χ1v) is 18.9. The molecule has 0 heterocycles. The maximum atomic E-state index is 14.3. The quantitative estimate of drug-likeness (QED) is 0.137. The zero-order valence-corrected chi connectivity index (χ0v) is 31.8. The standard InChI is InChI=1S/C38H52F3N3O8S/c1-8-14-31(43(6)53(48,49)23-21-38(39,40)41)34(46)42-37(26-51-22-9-2,24-28-16-11-13-18-32(28)50-7)33(45)25-44(35(47)52-36(3,4)5)30-20-19-27-15-10-12-17-29(27)30/h8-13,15-18,30-31,33,45H,1-2,14,19-26H2,3-7H3,(H,42,46)/t30-,31-,33+,37-/m0/s1. The number of halogens is 3. The van der Waals surface area contributed by atoms with E-state index in [4.69, 9.17) is 14.2 Å². The third-order valence-corrected chi connectivity index (χ3v) is 10.8. The molecule has 2 N–H and O–H groups in total. The van der Waals surface area contributed by atoms with Gasteiger partial charge in [0.05, 0.1) is 56.7 Å². The molecule has 0 saturated heterocycles. The molecule has 15 heteroatoms. The predicted octanol–water partition coefficient (Wildman–Crippen LogP) is 5.74. The summed E-state index contributed by atoms with van der Waals surface area (Å²) >= 11 is 0. The fourth-order valence-corrected chi connectivity index (χ4v) is 7.65. The molecule has 0 saturated carbocycles. The number of ether oxygens (including phenoxy) is 3. The second-order valence-electron chi connectivity index (χ2n) is 14.1. The van der Waals surface area contributed by atoms with Gasteiger partial charge in [-0.1, -0.05) is 54.6 Å². The fourth-order valence-electron chi connectivity index (χ4n) is 6.30. The van der Waals surface area contributed by atoms with E-state index >= 15 is 0 Å². The number of carbonyl (C=O) groups is 2. The number of nitrogens with one attached hydrogen (secondary N) is 1. The van der Waals surface area contributed by atoms with Crippen LogP contribution in [0.3, 0.4) is 0 Å². The van der Waals surface area contributed by atoms with Crippen molar-refractivity contribution in [3.8, 4) is 5.75 Å². The molecular formula is C38H52F3N3O8S. The number of nitrogens with zero attached hydrogens (tertiary/aromatic N) is 2. The number of hydrogen-bond acceptors (Lipinski definition) is 8. The molecule has 0 fully saturated rings. The van der Waals surface area contributed by atoms with E-state index < -0.39 is 69.7 Å². The molecule has 1 aliphatic carbocycles. The number of carbonyl (C=O) groups excluding carboxylic acids is 2. The van der Waals surface area contributed by atoms with Gasteiger partial charge < -0.3 is 24.6 Å². The number of hydrogen-bond donors (Lipinski definition) is 2. The van der Waals surface area contributed by atoms with Gasteiger partial charge in [0.15, 0.2) is 0 Å². The molecule has 0 unspecified atom stereocenters. The van der Waals surface area contributed by atoms with Gasteiger partial charge in [-0.25, -0.2) is 13.2 Å². The number of alkyl halides is 3. The molecular weight excluding hydrogens is 715 g/mol. The van der Waals surface area contributed by atoms with E-state index in [1.807, 2.05) is 24.3 Å². The largest absolute Gasteiger partial charge is 0.496 e. The van der Waals surface area contributed by atoms with Crippen LogP contribution in [0, 0.1) is 0 Å². The van der Waals surface area contributed by atoms with Gasteiger partial charge in [-0.3, -0.25) is 9.69 Å². The Labute approximate surface area is 310 Å². The molecule has 4 atom stereocenters. The number of likely N-dealkylation sites (N-methyl/N-ethyl adjacent to an activating group) is 1. The summed E-state index contributed by atoms with van der Waals surface area (Å²) in [5.74, 6) is -1.81. The number of amides is 2. The summed E-state index contributed by atoms with van der Waals surface area (Å²) in [7, 11) is -2.13. The monoisotopic (exact) mass is 767 g/mol. The zero-order chi connectivity index (χ0) is 39.6. The Morgan fingerprint density at radius 2 is 1.74 bits per heavy atom. The number of rotatable bonds is 19. The van der Waals surface area contributed by atoms with Crippen LogP contribution in [-0.4, -0.2) is 104 Å². The first kappa shape index (κ1) is 43.5. The Bertz CT molecular complexity index is 1680. The van der Waals surface area contributed by atoms with Crippen molar-refractivity contribution in [3.63, 3.8) is 0 Å². The van der Waals surface area contributed by atoms with Crippen LogP contribution in [-0.2, 0) is 37.1 Å². The number of benzene rings is 2. The highest BCUT2D eigenvalue weighted by molar-refractivity contribution is 7.89. The minimum Gasteiger partial charge on any atom is -0.496 e. The highest BCUT2D eigenvalue weighted by Gasteiger charge is 2.46. The molecule has 0 spiro atoms. The molecule has 0 bridgehead atoms. The molecule has 2 aromatic carbocycles. The van der Waals surface area contributed by atoms with Crippen LogP contribution in [0.5, 0.6) is 5.75 Å². The molecule has 0 aromatic heterocycles. The van der Waals surface area contributed by atoms with Crippen LogP contribution in [0.2, 0.25) is 0 Å². The number of aliphatic hydroxyl groups is 1. The van der Waals surface area contributed by atoms with E-state index in [0.717, 1.165) is 18.2 Å². The lowest BCUT2D eigenvalue weighted by Gasteiger charge is -2.43. The smallest absolute Gasteiger partial charge is 0.410 e. The van der Waals surface area contributed by atoms with E-state index in [0.29, 0.717) is 28.5 Å². The van der Waals surface area contributed by atoms with Crippen LogP contribution in [0.25, 0.3) is 0 Å². The van der Waals surface area contributed by atoms with Gasteiger partial charge in [-0.15, -0.1) is 13.2 Å². The lowest BCUT2D eigenvalue weighted by Crippen LogP contribution is -2.66. The van der Waals surface area contributed by atoms with Crippen LogP contribution in [0.15, 0.2) is 73.8 Å². The van der Waals surface area contributed by atoms with Crippen molar-refractivity contribution < 1.29 is 50.5 Å². The highest BCUT2D eigenvalue weighted by atomic mass is 32.2. The van der Waals surface area contributed by atoms with Crippen molar-refractivity contribution in [2.45, 2.75) is 88.4 Å². The van der Waals surface area contributed by atoms with E-state index in [1.165, 1.54) is 24.2 Å². The summed E-state index contributed by atoms with van der Waals surface area (Å²) < 4.78 is 83.3. The van der Waals surface area contributed by atoms with Gasteiger partial charge in [0, 0.05) is 13.5 Å². The third-order valence-electron chi connectivity index (χ3n) is 8.99. The summed E-state index contributed by atoms with van der Waals surface area (Å²) in [6.07, 6.45) is -5.15. The Kier molecular flexibility index (Phi) is 15.1. The third kappa shape index (κ3) is 12.0. The van der Waals surface area contributed by atoms with E-state index in [1.54, 1.807) is 45.0 Å². The lowest BCUT2D eigenvalue weighted by atomic mass is 9.84. The number of aryl methyl sites for hydroxylation is 1. The van der Waals surface area contributed by atoms with Gasteiger partial charge in [0.2, 0.25) is 15.9 Å². The van der Waals surface area contributed by atoms with Crippen molar-refractivity contribution in [1.82, 2.24) is 14.5 Å². The zero-order valence-electron chi connectivity index (χ0n) is 31.0.